The molecule has 0 spiro atoms. The van der Waals surface area contributed by atoms with Crippen molar-refractivity contribution < 1.29 is 14.1 Å². The first-order chi connectivity index (χ1) is 11.5. The fourth-order valence-electron chi connectivity index (χ4n) is 2.86. The molecule has 0 unspecified atom stereocenters. The smallest absolute Gasteiger partial charge is 0.259 e. The average molecular weight is 328 g/mol. The largest absolute Gasteiger partial charge is 0.352 e. The third kappa shape index (κ3) is 2.86. The number of pyridine rings is 1. The summed E-state index contributed by atoms with van der Waals surface area (Å²) in [5.41, 5.74) is 2.43. The molecule has 0 saturated heterocycles. The monoisotopic (exact) mass is 328 g/mol. The van der Waals surface area contributed by atoms with Gasteiger partial charge in [0.1, 0.15) is 0 Å². The van der Waals surface area contributed by atoms with Crippen LogP contribution in [0.2, 0.25) is 0 Å². The van der Waals surface area contributed by atoms with Gasteiger partial charge in [0.25, 0.3) is 11.6 Å². The Hall–Kier alpha value is -2.44. The Morgan fingerprint density at radius 2 is 2.08 bits per heavy atom. The van der Waals surface area contributed by atoms with Gasteiger partial charge in [-0.05, 0) is 38.7 Å². The lowest BCUT2D eigenvalue weighted by Gasteiger charge is -2.17. The first kappa shape index (κ1) is 15.1. The van der Waals surface area contributed by atoms with Gasteiger partial charge in [0.15, 0.2) is 0 Å². The number of hydrogen-bond acceptors (Lipinski definition) is 5. The predicted octanol–water partition coefficient (Wildman–Crippen LogP) is 1.76. The first-order valence-electron chi connectivity index (χ1n) is 8.34. The van der Waals surface area contributed by atoms with Gasteiger partial charge in [0, 0.05) is 24.7 Å². The van der Waals surface area contributed by atoms with E-state index in [-0.39, 0.29) is 24.4 Å². The maximum Gasteiger partial charge on any atom is 0.259 e. The number of carbonyl (C=O) groups excluding carboxylic acids is 2. The third-order valence-corrected chi connectivity index (χ3v) is 4.53. The van der Waals surface area contributed by atoms with Crippen LogP contribution in [-0.2, 0) is 4.79 Å². The molecule has 2 aliphatic rings. The third-order valence-electron chi connectivity index (χ3n) is 4.53. The summed E-state index contributed by atoms with van der Waals surface area (Å²) in [7, 11) is 1.64. The number of rotatable bonds is 5. The quantitative estimate of drug-likeness (QED) is 0.903. The number of fused-ring (bicyclic) bond motifs is 1. The van der Waals surface area contributed by atoms with Crippen LogP contribution in [0.3, 0.4) is 0 Å². The van der Waals surface area contributed by atoms with Crippen LogP contribution in [0.1, 0.15) is 53.3 Å². The molecule has 2 aliphatic carbocycles. The Kier molecular flexibility index (Phi) is 3.51. The van der Waals surface area contributed by atoms with E-state index in [1.807, 2.05) is 6.07 Å². The number of aryl methyl sites for hydroxylation is 1. The van der Waals surface area contributed by atoms with Crippen LogP contribution in [0.15, 0.2) is 10.6 Å². The molecule has 0 radical (unpaired) electrons. The van der Waals surface area contributed by atoms with E-state index < -0.39 is 0 Å². The van der Waals surface area contributed by atoms with Crippen LogP contribution in [0.5, 0.6) is 0 Å². The van der Waals surface area contributed by atoms with E-state index in [2.05, 4.69) is 15.5 Å². The molecular weight excluding hydrogens is 308 g/mol. The molecule has 0 atom stereocenters. The highest BCUT2D eigenvalue weighted by Gasteiger charge is 2.30. The summed E-state index contributed by atoms with van der Waals surface area (Å²) in [6, 6.07) is 2.12. The van der Waals surface area contributed by atoms with Crippen molar-refractivity contribution in [1.29, 1.82) is 0 Å². The van der Waals surface area contributed by atoms with Crippen LogP contribution in [-0.4, -0.2) is 46.5 Å². The van der Waals surface area contributed by atoms with Gasteiger partial charge < -0.3 is 14.7 Å². The number of nitrogens with one attached hydrogen (secondary N) is 1. The zero-order valence-electron chi connectivity index (χ0n) is 13.8. The molecule has 24 heavy (non-hydrogen) atoms. The van der Waals surface area contributed by atoms with Crippen molar-refractivity contribution in [2.45, 2.75) is 44.6 Å². The molecule has 2 fully saturated rings. The van der Waals surface area contributed by atoms with Gasteiger partial charge >= 0.3 is 0 Å². The number of carbonyl (C=O) groups is 2. The van der Waals surface area contributed by atoms with E-state index in [1.54, 1.807) is 14.0 Å². The molecule has 2 amide bonds. The number of aromatic nitrogens is 2. The van der Waals surface area contributed by atoms with E-state index in [1.165, 1.54) is 4.90 Å². The van der Waals surface area contributed by atoms with Crippen LogP contribution < -0.4 is 5.32 Å². The number of amides is 2. The molecule has 7 heteroatoms. The van der Waals surface area contributed by atoms with Crippen LogP contribution in [0.4, 0.5) is 0 Å². The number of nitrogens with zero attached hydrogens (tertiary/aromatic N) is 3. The van der Waals surface area contributed by atoms with E-state index >= 15 is 0 Å². The minimum absolute atomic E-state index is 0.0439. The highest BCUT2D eigenvalue weighted by atomic mass is 16.5. The van der Waals surface area contributed by atoms with Gasteiger partial charge in [-0.1, -0.05) is 5.16 Å². The van der Waals surface area contributed by atoms with Gasteiger partial charge in [0.05, 0.1) is 23.2 Å². The maximum absolute atomic E-state index is 12.9. The fraction of sp³-hybridized carbons (Fsp3) is 0.529. The summed E-state index contributed by atoms with van der Waals surface area (Å²) in [5, 5.41) is 7.48. The van der Waals surface area contributed by atoms with E-state index in [4.69, 9.17) is 4.52 Å². The molecular formula is C17H20N4O3. The van der Waals surface area contributed by atoms with Crippen molar-refractivity contribution in [3.8, 4) is 0 Å². The summed E-state index contributed by atoms with van der Waals surface area (Å²) in [5.74, 6) is 0.0690. The van der Waals surface area contributed by atoms with Gasteiger partial charge in [-0.2, -0.15) is 0 Å². The second-order valence-electron chi connectivity index (χ2n) is 6.82. The van der Waals surface area contributed by atoms with E-state index in [9.17, 15) is 9.59 Å². The number of hydrogen-bond donors (Lipinski definition) is 1. The van der Waals surface area contributed by atoms with Crippen molar-refractivity contribution in [1.82, 2.24) is 20.4 Å². The average Bonchev–Trinajstić information content (AvgIpc) is 3.46. The number of likely N-dealkylation sites (N-methyl/N-ethyl adjacent to an activating group) is 1. The second kappa shape index (κ2) is 5.58. The lowest BCUT2D eigenvalue weighted by atomic mass is 10.1. The predicted molar refractivity (Wildman–Crippen MR) is 86.6 cm³/mol. The summed E-state index contributed by atoms with van der Waals surface area (Å²) >= 11 is 0. The topological polar surface area (TPSA) is 88.3 Å². The lowest BCUT2D eigenvalue weighted by Crippen LogP contribution is -2.39. The van der Waals surface area contributed by atoms with Crippen molar-refractivity contribution >= 4 is 22.9 Å². The zero-order valence-corrected chi connectivity index (χ0v) is 13.8. The molecule has 2 saturated carbocycles. The highest BCUT2D eigenvalue weighted by Crippen LogP contribution is 2.40. The van der Waals surface area contributed by atoms with Gasteiger partial charge in [-0.25, -0.2) is 4.98 Å². The molecule has 2 aromatic rings. The Morgan fingerprint density at radius 3 is 2.75 bits per heavy atom. The fourth-order valence-corrected chi connectivity index (χ4v) is 2.86. The molecule has 7 nitrogen and oxygen atoms in total. The molecule has 0 aliphatic heterocycles. The van der Waals surface area contributed by atoms with Crippen LogP contribution in [0.25, 0.3) is 11.1 Å². The van der Waals surface area contributed by atoms with E-state index in [0.29, 0.717) is 28.3 Å². The molecule has 126 valence electrons. The zero-order chi connectivity index (χ0) is 16.8. The highest BCUT2D eigenvalue weighted by molar-refractivity contribution is 6.06. The summed E-state index contributed by atoms with van der Waals surface area (Å²) in [4.78, 5) is 30.8. The van der Waals surface area contributed by atoms with Gasteiger partial charge in [-0.15, -0.1) is 0 Å². The van der Waals surface area contributed by atoms with Crippen molar-refractivity contribution in [2.24, 2.45) is 0 Å². The van der Waals surface area contributed by atoms with Gasteiger partial charge in [-0.3, -0.25) is 9.59 Å². The molecule has 2 aromatic heterocycles. The Bertz CT molecular complexity index is 821. The molecule has 1 N–H and O–H groups in total. The lowest BCUT2D eigenvalue weighted by molar-refractivity contribution is -0.121. The van der Waals surface area contributed by atoms with Crippen molar-refractivity contribution in [3.63, 3.8) is 0 Å². The summed E-state index contributed by atoms with van der Waals surface area (Å²) in [6.45, 7) is 1.84. The minimum atomic E-state index is -0.207. The first-order valence-corrected chi connectivity index (χ1v) is 8.34. The van der Waals surface area contributed by atoms with Crippen LogP contribution in [0, 0.1) is 6.92 Å². The van der Waals surface area contributed by atoms with Crippen molar-refractivity contribution in [3.05, 3.63) is 23.0 Å². The maximum atomic E-state index is 12.9. The van der Waals surface area contributed by atoms with E-state index in [0.717, 1.165) is 31.4 Å². The van der Waals surface area contributed by atoms with Crippen LogP contribution >= 0.6 is 0 Å². The standard InChI is InChI=1S/C17H20N4O3/c1-9-15-12(7-13(10-3-4-10)19-16(15)24-20-9)17(23)21(2)8-14(22)18-11-5-6-11/h7,10-11H,3-6,8H2,1-2H3,(H,18,22). The SMILES string of the molecule is Cc1noc2nc(C3CC3)cc(C(=O)N(C)CC(=O)NC3CC3)c12. The Labute approximate surface area is 139 Å². The summed E-state index contributed by atoms with van der Waals surface area (Å²) in [6.07, 6.45) is 4.22. The van der Waals surface area contributed by atoms with Crippen molar-refractivity contribution in [2.75, 3.05) is 13.6 Å². The molecule has 4 rings (SSSR count). The Balaban J connectivity index is 1.62. The summed E-state index contributed by atoms with van der Waals surface area (Å²) < 4.78 is 5.27. The molecule has 2 heterocycles. The Morgan fingerprint density at radius 1 is 1.33 bits per heavy atom. The normalized spacial score (nSPS) is 17.1. The van der Waals surface area contributed by atoms with Gasteiger partial charge in [0.2, 0.25) is 5.91 Å². The molecule has 0 bridgehead atoms. The molecule has 0 aromatic carbocycles. The minimum Gasteiger partial charge on any atom is -0.352 e. The second-order valence-corrected chi connectivity index (χ2v) is 6.82.